The molecule has 4 aliphatic rings. The van der Waals surface area contributed by atoms with Crippen molar-refractivity contribution < 1.29 is 19.0 Å². The molecule has 9 atom stereocenters. The van der Waals surface area contributed by atoms with Crippen LogP contribution in [0.2, 0.25) is 0 Å². The Hall–Kier alpha value is -0.610. The minimum Gasteiger partial charge on any atom is -0.459 e. The van der Waals surface area contributed by atoms with Gasteiger partial charge in [-0.3, -0.25) is 4.79 Å². The molecule has 4 saturated heterocycles. The van der Waals surface area contributed by atoms with E-state index in [1.807, 2.05) is 13.8 Å². The molecule has 9 unspecified atom stereocenters. The molecule has 4 heterocycles. The van der Waals surface area contributed by atoms with Crippen LogP contribution in [-0.2, 0) is 19.0 Å². The first kappa shape index (κ1) is 14.9. The molecule has 0 spiro atoms. The molecule has 124 valence electrons. The summed E-state index contributed by atoms with van der Waals surface area (Å²) in [4.78, 5) is 11.4. The first-order valence-corrected chi connectivity index (χ1v) is 8.68. The zero-order chi connectivity index (χ0) is 16.0. The van der Waals surface area contributed by atoms with Crippen molar-refractivity contribution >= 4 is 5.97 Å². The third-order valence-electron chi connectivity index (χ3n) is 7.35. The van der Waals surface area contributed by atoms with E-state index in [1.165, 1.54) is 6.92 Å². The van der Waals surface area contributed by atoms with E-state index < -0.39 is 5.60 Å². The average Bonchev–Trinajstić information content (AvgIpc) is 3.07. The molecule has 4 heteroatoms. The molecule has 4 fully saturated rings. The van der Waals surface area contributed by atoms with E-state index >= 15 is 0 Å². The summed E-state index contributed by atoms with van der Waals surface area (Å²) in [5.41, 5.74) is -0.326. The zero-order valence-electron chi connectivity index (χ0n) is 14.5. The van der Waals surface area contributed by atoms with Crippen LogP contribution >= 0.6 is 0 Å². The molecule has 0 amide bonds. The van der Waals surface area contributed by atoms with Crippen LogP contribution in [0.1, 0.15) is 48.0 Å². The number of hydrogen-bond acceptors (Lipinski definition) is 4. The molecule has 0 saturated carbocycles. The Labute approximate surface area is 132 Å². The van der Waals surface area contributed by atoms with Gasteiger partial charge < -0.3 is 14.2 Å². The highest BCUT2D eigenvalue weighted by Crippen LogP contribution is 2.68. The molecule has 4 rings (SSSR count). The lowest BCUT2D eigenvalue weighted by molar-refractivity contribution is -0.162. The van der Waals surface area contributed by atoms with Gasteiger partial charge >= 0.3 is 5.97 Å². The predicted octanol–water partition coefficient (Wildman–Crippen LogP) is 2.79. The monoisotopic (exact) mass is 308 g/mol. The van der Waals surface area contributed by atoms with E-state index in [-0.39, 0.29) is 29.5 Å². The summed E-state index contributed by atoms with van der Waals surface area (Å²) in [5.74, 6) is 1.70. The maximum atomic E-state index is 11.4. The minimum atomic E-state index is -0.469. The van der Waals surface area contributed by atoms with Gasteiger partial charge in [0.25, 0.3) is 0 Å². The van der Waals surface area contributed by atoms with Gasteiger partial charge in [-0.05, 0) is 32.1 Å². The van der Waals surface area contributed by atoms with E-state index in [4.69, 9.17) is 14.2 Å². The van der Waals surface area contributed by atoms with Crippen molar-refractivity contribution in [3.63, 3.8) is 0 Å². The van der Waals surface area contributed by atoms with E-state index in [1.54, 1.807) is 0 Å². The molecular weight excluding hydrogens is 280 g/mol. The Kier molecular flexibility index (Phi) is 2.90. The third kappa shape index (κ3) is 1.58. The smallest absolute Gasteiger partial charge is 0.303 e. The fourth-order valence-electron chi connectivity index (χ4n) is 6.17. The number of carbonyl (C=O) groups is 1. The van der Waals surface area contributed by atoms with Gasteiger partial charge in [0.2, 0.25) is 0 Å². The number of hydrogen-bond donors (Lipinski definition) is 0. The number of ether oxygens (including phenoxy) is 3. The van der Waals surface area contributed by atoms with Gasteiger partial charge in [-0.15, -0.1) is 0 Å². The van der Waals surface area contributed by atoms with Gasteiger partial charge in [-0.1, -0.05) is 20.8 Å². The Morgan fingerprint density at radius 2 is 1.86 bits per heavy atom. The minimum absolute atomic E-state index is 0.143. The van der Waals surface area contributed by atoms with Gasteiger partial charge in [0.1, 0.15) is 5.60 Å². The highest BCUT2D eigenvalue weighted by molar-refractivity contribution is 5.66. The number of esters is 1. The van der Waals surface area contributed by atoms with Crippen LogP contribution in [0.5, 0.6) is 0 Å². The van der Waals surface area contributed by atoms with E-state index in [9.17, 15) is 4.79 Å². The average molecular weight is 308 g/mol. The standard InChI is InChI=1S/C18H28O4/c1-8-9(2)16-18(6)12-7-11(17(4,5)22-10(3)19)15(20-12)13(18)14(8)21-16/h8-9,11-16H,7H2,1-6H3. The van der Waals surface area contributed by atoms with Gasteiger partial charge in [0, 0.05) is 24.2 Å². The lowest BCUT2D eigenvalue weighted by Gasteiger charge is -2.48. The van der Waals surface area contributed by atoms with Crippen LogP contribution in [-0.4, -0.2) is 36.0 Å². The van der Waals surface area contributed by atoms with Gasteiger partial charge in [0.15, 0.2) is 0 Å². The fraction of sp³-hybridized carbons (Fsp3) is 0.944. The molecule has 22 heavy (non-hydrogen) atoms. The Balaban J connectivity index is 1.65. The molecule has 4 nitrogen and oxygen atoms in total. The third-order valence-corrected chi connectivity index (χ3v) is 7.35. The summed E-state index contributed by atoms with van der Waals surface area (Å²) in [6, 6.07) is 0. The maximum absolute atomic E-state index is 11.4. The molecule has 0 N–H and O–H groups in total. The second kappa shape index (κ2) is 4.27. The van der Waals surface area contributed by atoms with E-state index in [0.717, 1.165) is 6.42 Å². The van der Waals surface area contributed by atoms with Crippen molar-refractivity contribution in [1.29, 1.82) is 0 Å². The van der Waals surface area contributed by atoms with Gasteiger partial charge in [-0.2, -0.15) is 0 Å². The van der Waals surface area contributed by atoms with Crippen LogP contribution < -0.4 is 0 Å². The quantitative estimate of drug-likeness (QED) is 0.736. The fourth-order valence-corrected chi connectivity index (χ4v) is 6.17. The normalized spacial score (nSPS) is 55.5. The van der Waals surface area contributed by atoms with Gasteiger partial charge in [-0.25, -0.2) is 0 Å². The molecule has 0 aromatic carbocycles. The number of fused-ring (bicyclic) bond motifs is 9. The second-order valence-electron chi connectivity index (χ2n) is 8.76. The van der Waals surface area contributed by atoms with Crippen molar-refractivity contribution in [1.82, 2.24) is 0 Å². The van der Waals surface area contributed by atoms with Crippen molar-refractivity contribution in [2.24, 2.45) is 29.1 Å². The van der Waals surface area contributed by atoms with Gasteiger partial charge in [0.05, 0.1) is 24.4 Å². The lowest BCUT2D eigenvalue weighted by Crippen LogP contribution is -2.56. The summed E-state index contributed by atoms with van der Waals surface area (Å²) in [6.07, 6.45) is 2.01. The summed E-state index contributed by atoms with van der Waals surface area (Å²) >= 11 is 0. The molecule has 0 aliphatic carbocycles. The van der Waals surface area contributed by atoms with Crippen molar-refractivity contribution in [3.05, 3.63) is 0 Å². The first-order chi connectivity index (χ1) is 10.2. The van der Waals surface area contributed by atoms with Crippen LogP contribution in [0.15, 0.2) is 0 Å². The highest BCUT2D eigenvalue weighted by atomic mass is 16.6. The van der Waals surface area contributed by atoms with Crippen LogP contribution in [0.3, 0.4) is 0 Å². The van der Waals surface area contributed by atoms with E-state index in [0.29, 0.717) is 30.0 Å². The van der Waals surface area contributed by atoms with Crippen LogP contribution in [0.25, 0.3) is 0 Å². The Morgan fingerprint density at radius 3 is 2.50 bits per heavy atom. The summed E-state index contributed by atoms with van der Waals surface area (Å²) in [6.45, 7) is 12.5. The summed E-state index contributed by atoms with van der Waals surface area (Å²) < 4.78 is 18.5. The van der Waals surface area contributed by atoms with Crippen LogP contribution in [0.4, 0.5) is 0 Å². The topological polar surface area (TPSA) is 44.8 Å². The highest BCUT2D eigenvalue weighted by Gasteiger charge is 2.75. The molecule has 4 bridgehead atoms. The second-order valence-corrected chi connectivity index (χ2v) is 8.76. The summed E-state index contributed by atoms with van der Waals surface area (Å²) in [5, 5.41) is 0. The predicted molar refractivity (Wildman–Crippen MR) is 81.2 cm³/mol. The molecular formula is C18H28O4. The molecule has 0 aromatic heterocycles. The SMILES string of the molecule is CC(=O)OC(C)(C)C1CC2OC1C1C3OC(C(C)C3C)C21C. The van der Waals surface area contributed by atoms with Crippen molar-refractivity contribution in [3.8, 4) is 0 Å². The van der Waals surface area contributed by atoms with Crippen LogP contribution in [0, 0.1) is 29.1 Å². The Morgan fingerprint density at radius 1 is 1.18 bits per heavy atom. The number of rotatable bonds is 2. The molecule has 0 aromatic rings. The maximum Gasteiger partial charge on any atom is 0.303 e. The zero-order valence-corrected chi connectivity index (χ0v) is 14.5. The van der Waals surface area contributed by atoms with Crippen molar-refractivity contribution in [2.45, 2.75) is 78.0 Å². The molecule has 4 aliphatic heterocycles. The largest absolute Gasteiger partial charge is 0.459 e. The van der Waals surface area contributed by atoms with Crippen molar-refractivity contribution in [2.75, 3.05) is 0 Å². The molecule has 0 radical (unpaired) electrons. The Bertz CT molecular complexity index is 515. The number of carbonyl (C=O) groups excluding carboxylic acids is 1. The first-order valence-electron chi connectivity index (χ1n) is 8.68. The van der Waals surface area contributed by atoms with E-state index in [2.05, 4.69) is 20.8 Å². The lowest BCUT2D eigenvalue weighted by atomic mass is 9.53. The summed E-state index contributed by atoms with van der Waals surface area (Å²) in [7, 11) is 0.